The molecular formula is C14H19NS. The summed E-state index contributed by atoms with van der Waals surface area (Å²) in [6.07, 6.45) is 1.04. The molecule has 0 aliphatic carbocycles. The van der Waals surface area contributed by atoms with Gasteiger partial charge in [0, 0.05) is 11.1 Å². The molecule has 0 aromatic heterocycles. The smallest absolute Gasteiger partial charge is 0.107 e. The van der Waals surface area contributed by atoms with E-state index in [4.69, 9.17) is 12.2 Å². The van der Waals surface area contributed by atoms with Gasteiger partial charge in [0.2, 0.25) is 0 Å². The molecule has 0 unspecified atom stereocenters. The fourth-order valence-electron chi connectivity index (χ4n) is 2.21. The van der Waals surface area contributed by atoms with E-state index in [1.165, 1.54) is 16.7 Å². The lowest BCUT2D eigenvalue weighted by atomic mass is 9.86. The summed E-state index contributed by atoms with van der Waals surface area (Å²) in [5.74, 6) is 0.558. The Labute approximate surface area is 103 Å². The van der Waals surface area contributed by atoms with Crippen LogP contribution in [0.4, 0.5) is 0 Å². The molecule has 1 aliphatic rings. The van der Waals surface area contributed by atoms with Gasteiger partial charge >= 0.3 is 0 Å². The summed E-state index contributed by atoms with van der Waals surface area (Å²) in [4.78, 5) is 0.897. The average Bonchev–Trinajstić information content (AvgIpc) is 2.15. The van der Waals surface area contributed by atoms with Gasteiger partial charge in [0.05, 0.1) is 0 Å². The van der Waals surface area contributed by atoms with Crippen molar-refractivity contribution in [3.05, 3.63) is 34.9 Å². The molecule has 0 saturated heterocycles. The molecule has 1 N–H and O–H groups in total. The highest BCUT2D eigenvalue weighted by atomic mass is 32.1. The molecule has 0 amide bonds. The Kier molecular flexibility index (Phi) is 2.79. The summed E-state index contributed by atoms with van der Waals surface area (Å²) < 4.78 is 0. The van der Waals surface area contributed by atoms with Crippen molar-refractivity contribution >= 4 is 17.2 Å². The highest BCUT2D eigenvalue weighted by Crippen LogP contribution is 2.26. The maximum atomic E-state index is 5.44. The molecule has 1 heterocycles. The second-order valence-corrected chi connectivity index (χ2v) is 5.99. The lowest BCUT2D eigenvalue weighted by Gasteiger charge is -2.34. The van der Waals surface area contributed by atoms with E-state index in [0.29, 0.717) is 5.92 Å². The summed E-state index contributed by atoms with van der Waals surface area (Å²) in [6, 6.07) is 6.71. The largest absolute Gasteiger partial charge is 0.371 e. The standard InChI is InChI=1S/C14H19NS/c1-9(2)10-5-6-11-8-14(3,4)15-13(16)12(11)7-10/h5-7,9H,8H2,1-4H3,(H,15,16). The van der Waals surface area contributed by atoms with Crippen LogP contribution in [-0.2, 0) is 6.42 Å². The van der Waals surface area contributed by atoms with Gasteiger partial charge in [0.15, 0.2) is 0 Å². The number of fused-ring (bicyclic) bond motifs is 1. The van der Waals surface area contributed by atoms with Gasteiger partial charge in [-0.1, -0.05) is 38.2 Å². The quantitative estimate of drug-likeness (QED) is 0.746. The lowest BCUT2D eigenvalue weighted by Crippen LogP contribution is -2.48. The van der Waals surface area contributed by atoms with Crippen LogP contribution in [0.5, 0.6) is 0 Å². The molecule has 16 heavy (non-hydrogen) atoms. The summed E-state index contributed by atoms with van der Waals surface area (Å²) in [5.41, 5.74) is 4.05. The van der Waals surface area contributed by atoms with Crippen LogP contribution in [0.3, 0.4) is 0 Å². The first kappa shape index (κ1) is 11.6. The molecule has 0 fully saturated rings. The van der Waals surface area contributed by atoms with Crippen LogP contribution in [-0.4, -0.2) is 10.5 Å². The maximum Gasteiger partial charge on any atom is 0.107 e. The van der Waals surface area contributed by atoms with Crippen molar-refractivity contribution in [1.29, 1.82) is 0 Å². The molecule has 0 radical (unpaired) electrons. The molecule has 86 valence electrons. The van der Waals surface area contributed by atoms with Crippen LogP contribution in [0.15, 0.2) is 18.2 Å². The van der Waals surface area contributed by atoms with Gasteiger partial charge in [-0.15, -0.1) is 0 Å². The number of rotatable bonds is 1. The van der Waals surface area contributed by atoms with Gasteiger partial charge in [-0.2, -0.15) is 0 Å². The number of benzene rings is 1. The predicted octanol–water partition coefficient (Wildman–Crippen LogP) is 3.41. The zero-order chi connectivity index (χ0) is 11.9. The van der Waals surface area contributed by atoms with Crippen molar-refractivity contribution in [2.75, 3.05) is 0 Å². The molecule has 1 aromatic rings. The Morgan fingerprint density at radius 1 is 1.31 bits per heavy atom. The second-order valence-electron chi connectivity index (χ2n) is 5.59. The molecule has 1 aliphatic heterocycles. The molecule has 1 nitrogen and oxygen atoms in total. The summed E-state index contributed by atoms with van der Waals surface area (Å²) in [7, 11) is 0. The highest BCUT2D eigenvalue weighted by molar-refractivity contribution is 7.80. The number of nitrogens with one attached hydrogen (secondary N) is 1. The molecule has 0 atom stereocenters. The van der Waals surface area contributed by atoms with Crippen LogP contribution in [0.2, 0.25) is 0 Å². The number of hydrogen-bond donors (Lipinski definition) is 1. The summed E-state index contributed by atoms with van der Waals surface area (Å²) >= 11 is 5.44. The third kappa shape index (κ3) is 2.12. The van der Waals surface area contributed by atoms with Gasteiger partial charge in [-0.25, -0.2) is 0 Å². The van der Waals surface area contributed by atoms with Gasteiger partial charge in [0.1, 0.15) is 4.99 Å². The molecule has 0 bridgehead atoms. The summed E-state index contributed by atoms with van der Waals surface area (Å²) in [5, 5.41) is 3.41. The van der Waals surface area contributed by atoms with Crippen LogP contribution in [0.1, 0.15) is 50.3 Å². The van der Waals surface area contributed by atoms with Crippen molar-refractivity contribution < 1.29 is 0 Å². The van der Waals surface area contributed by atoms with E-state index in [-0.39, 0.29) is 5.54 Å². The molecule has 0 spiro atoms. The first-order valence-electron chi connectivity index (χ1n) is 5.84. The fourth-order valence-corrected chi connectivity index (χ4v) is 2.68. The Hall–Kier alpha value is -0.890. The number of hydrogen-bond acceptors (Lipinski definition) is 1. The summed E-state index contributed by atoms with van der Waals surface area (Å²) in [6.45, 7) is 8.81. The van der Waals surface area contributed by atoms with E-state index in [0.717, 1.165) is 11.4 Å². The zero-order valence-corrected chi connectivity index (χ0v) is 11.2. The Balaban J connectivity index is 2.45. The van der Waals surface area contributed by atoms with Gasteiger partial charge in [-0.05, 0) is 43.4 Å². The minimum absolute atomic E-state index is 0.0867. The lowest BCUT2D eigenvalue weighted by molar-refractivity contribution is 0.451. The van der Waals surface area contributed by atoms with Crippen molar-refractivity contribution in [1.82, 2.24) is 5.32 Å². The molecule has 0 saturated carbocycles. The van der Waals surface area contributed by atoms with Crippen LogP contribution >= 0.6 is 12.2 Å². The third-order valence-electron chi connectivity index (χ3n) is 3.13. The van der Waals surface area contributed by atoms with Crippen molar-refractivity contribution in [2.45, 2.75) is 45.6 Å². The predicted molar refractivity (Wildman–Crippen MR) is 73.1 cm³/mol. The normalized spacial score (nSPS) is 18.2. The van der Waals surface area contributed by atoms with Crippen LogP contribution in [0.25, 0.3) is 0 Å². The topological polar surface area (TPSA) is 12.0 Å². The number of thiocarbonyl (C=S) groups is 1. The van der Waals surface area contributed by atoms with Crippen molar-refractivity contribution in [2.24, 2.45) is 0 Å². The van der Waals surface area contributed by atoms with Crippen LogP contribution in [0, 0.1) is 0 Å². The Morgan fingerprint density at radius 2 is 2.00 bits per heavy atom. The molecular weight excluding hydrogens is 214 g/mol. The van der Waals surface area contributed by atoms with Crippen molar-refractivity contribution in [3.63, 3.8) is 0 Å². The molecule has 2 heteroatoms. The van der Waals surface area contributed by atoms with Gasteiger partial charge in [-0.3, -0.25) is 0 Å². The first-order chi connectivity index (χ1) is 7.39. The van der Waals surface area contributed by atoms with E-state index in [1.54, 1.807) is 0 Å². The van der Waals surface area contributed by atoms with Crippen LogP contribution < -0.4 is 5.32 Å². The first-order valence-corrected chi connectivity index (χ1v) is 6.25. The van der Waals surface area contributed by atoms with E-state index in [2.05, 4.69) is 51.2 Å². The van der Waals surface area contributed by atoms with Gasteiger partial charge < -0.3 is 5.32 Å². The second kappa shape index (κ2) is 3.85. The maximum absolute atomic E-state index is 5.44. The monoisotopic (exact) mass is 233 g/mol. The highest BCUT2D eigenvalue weighted by Gasteiger charge is 2.27. The Bertz CT molecular complexity index is 432. The fraction of sp³-hybridized carbons (Fsp3) is 0.500. The van der Waals surface area contributed by atoms with Crippen molar-refractivity contribution in [3.8, 4) is 0 Å². The SMILES string of the molecule is CC(C)c1ccc2c(c1)C(=S)NC(C)(C)C2. The van der Waals surface area contributed by atoms with E-state index in [1.807, 2.05) is 0 Å². The van der Waals surface area contributed by atoms with E-state index < -0.39 is 0 Å². The zero-order valence-electron chi connectivity index (χ0n) is 10.4. The Morgan fingerprint density at radius 3 is 2.62 bits per heavy atom. The third-order valence-corrected chi connectivity index (χ3v) is 3.45. The average molecular weight is 233 g/mol. The van der Waals surface area contributed by atoms with E-state index >= 15 is 0 Å². The minimum atomic E-state index is 0.0867. The molecule has 1 aromatic carbocycles. The van der Waals surface area contributed by atoms with E-state index in [9.17, 15) is 0 Å². The van der Waals surface area contributed by atoms with Gasteiger partial charge in [0.25, 0.3) is 0 Å². The molecule has 2 rings (SSSR count). The minimum Gasteiger partial charge on any atom is -0.371 e.